The van der Waals surface area contributed by atoms with Crippen molar-refractivity contribution in [1.29, 1.82) is 0 Å². The summed E-state index contributed by atoms with van der Waals surface area (Å²) in [7, 11) is 3.12. The molecule has 1 aromatic rings. The first kappa shape index (κ1) is 10.4. The van der Waals surface area contributed by atoms with Crippen molar-refractivity contribution in [2.75, 3.05) is 21.0 Å². The normalized spacial score (nSPS) is 9.21. The molecule has 0 atom stereocenters. The number of rotatable bonds is 4. The Morgan fingerprint density at radius 3 is 2.64 bits per heavy atom. The number of benzene rings is 1. The molecule has 0 bridgehead atoms. The maximum absolute atomic E-state index is 5.26. The molecule has 3 nitrogen and oxygen atoms in total. The first-order valence-electron chi connectivity index (χ1n) is 4.08. The zero-order chi connectivity index (χ0) is 10.4. The lowest BCUT2D eigenvalue weighted by atomic mass is 10.2. The van der Waals surface area contributed by atoms with E-state index in [1.807, 2.05) is 0 Å². The molecule has 0 heterocycles. The zero-order valence-electron chi connectivity index (χ0n) is 8.24. The van der Waals surface area contributed by atoms with Crippen LogP contribution in [0, 0.1) is 12.3 Å². The van der Waals surface area contributed by atoms with Crippen LogP contribution in [0.4, 0.5) is 0 Å². The molecule has 3 heteroatoms. The Kier molecular flexibility index (Phi) is 3.84. The van der Waals surface area contributed by atoms with Gasteiger partial charge in [-0.1, -0.05) is 5.92 Å². The minimum atomic E-state index is 0.186. The molecule has 0 aliphatic heterocycles. The van der Waals surface area contributed by atoms with E-state index < -0.39 is 0 Å². The maximum Gasteiger partial charge on any atom is 0.188 e. The van der Waals surface area contributed by atoms with E-state index in [0.29, 0.717) is 11.5 Å². The van der Waals surface area contributed by atoms with Gasteiger partial charge in [-0.2, -0.15) is 0 Å². The molecule has 0 aromatic heterocycles. The summed E-state index contributed by atoms with van der Waals surface area (Å²) in [6.45, 7) is 0.186. The first-order valence-corrected chi connectivity index (χ1v) is 4.08. The number of ether oxygens (including phenoxy) is 3. The number of hydrogen-bond acceptors (Lipinski definition) is 3. The number of terminal acetylenes is 1. The molecule has 0 fully saturated rings. The number of hydrogen-bond donors (Lipinski definition) is 0. The predicted molar refractivity (Wildman–Crippen MR) is 53.4 cm³/mol. The molecule has 74 valence electrons. The molecule has 0 radical (unpaired) electrons. The highest BCUT2D eigenvalue weighted by molar-refractivity contribution is 5.47. The molecule has 0 saturated heterocycles. The standard InChI is InChI=1S/C11H12O3/c1-4-9-5-6-10(14-8-12-2)11(7-9)13-3/h1,5-7H,8H2,2-3H3. The molecule has 0 spiro atoms. The van der Waals surface area contributed by atoms with Gasteiger partial charge < -0.3 is 14.2 Å². The van der Waals surface area contributed by atoms with Crippen molar-refractivity contribution in [3.8, 4) is 23.8 Å². The van der Waals surface area contributed by atoms with Gasteiger partial charge in [0.05, 0.1) is 7.11 Å². The highest BCUT2D eigenvalue weighted by atomic mass is 16.7. The molecule has 0 aliphatic rings. The van der Waals surface area contributed by atoms with Crippen molar-refractivity contribution in [2.24, 2.45) is 0 Å². The Morgan fingerprint density at radius 1 is 1.29 bits per heavy atom. The van der Waals surface area contributed by atoms with Crippen molar-refractivity contribution >= 4 is 0 Å². The third-order valence-corrected chi connectivity index (χ3v) is 1.66. The third-order valence-electron chi connectivity index (χ3n) is 1.66. The monoisotopic (exact) mass is 192 g/mol. The van der Waals surface area contributed by atoms with Crippen LogP contribution >= 0.6 is 0 Å². The molecular formula is C11H12O3. The average Bonchev–Trinajstić information content (AvgIpc) is 2.26. The third kappa shape index (κ3) is 2.41. The summed E-state index contributed by atoms with van der Waals surface area (Å²) < 4.78 is 15.2. The van der Waals surface area contributed by atoms with E-state index in [9.17, 15) is 0 Å². The van der Waals surface area contributed by atoms with Crippen LogP contribution in [0.1, 0.15) is 5.56 Å². The summed E-state index contributed by atoms with van der Waals surface area (Å²) in [5.74, 6) is 3.75. The summed E-state index contributed by atoms with van der Waals surface area (Å²) in [5.41, 5.74) is 0.756. The molecule has 0 unspecified atom stereocenters. The zero-order valence-corrected chi connectivity index (χ0v) is 8.24. The van der Waals surface area contributed by atoms with E-state index in [4.69, 9.17) is 20.6 Å². The van der Waals surface area contributed by atoms with Crippen LogP contribution in [0.3, 0.4) is 0 Å². The summed E-state index contributed by atoms with van der Waals surface area (Å²) >= 11 is 0. The van der Waals surface area contributed by atoms with Crippen LogP contribution in [-0.4, -0.2) is 21.0 Å². The van der Waals surface area contributed by atoms with Crippen LogP contribution in [-0.2, 0) is 4.74 Å². The molecule has 0 N–H and O–H groups in total. The molecule has 1 aromatic carbocycles. The van der Waals surface area contributed by atoms with Gasteiger partial charge in [0.15, 0.2) is 18.3 Å². The highest BCUT2D eigenvalue weighted by Gasteiger charge is 2.03. The minimum absolute atomic E-state index is 0.186. The lowest BCUT2D eigenvalue weighted by Gasteiger charge is -2.09. The fraction of sp³-hybridized carbons (Fsp3) is 0.273. The molecule has 14 heavy (non-hydrogen) atoms. The summed E-state index contributed by atoms with van der Waals surface area (Å²) in [5, 5.41) is 0. The van der Waals surface area contributed by atoms with Crippen molar-refractivity contribution in [1.82, 2.24) is 0 Å². The van der Waals surface area contributed by atoms with Gasteiger partial charge in [0.1, 0.15) is 0 Å². The van der Waals surface area contributed by atoms with Gasteiger partial charge in [0.25, 0.3) is 0 Å². The van der Waals surface area contributed by atoms with Gasteiger partial charge in [0.2, 0.25) is 0 Å². The van der Waals surface area contributed by atoms with E-state index in [1.165, 1.54) is 0 Å². The second kappa shape index (κ2) is 5.15. The van der Waals surface area contributed by atoms with Gasteiger partial charge >= 0.3 is 0 Å². The second-order valence-corrected chi connectivity index (χ2v) is 2.56. The van der Waals surface area contributed by atoms with Crippen LogP contribution in [0.25, 0.3) is 0 Å². The van der Waals surface area contributed by atoms with Gasteiger partial charge in [-0.25, -0.2) is 0 Å². The van der Waals surface area contributed by atoms with Crippen LogP contribution in [0.5, 0.6) is 11.5 Å². The van der Waals surface area contributed by atoms with E-state index in [0.717, 1.165) is 5.56 Å². The van der Waals surface area contributed by atoms with Gasteiger partial charge in [-0.05, 0) is 18.2 Å². The molecule has 0 saturated carbocycles. The van der Waals surface area contributed by atoms with E-state index in [1.54, 1.807) is 32.4 Å². The Hall–Kier alpha value is -1.66. The molecular weight excluding hydrogens is 180 g/mol. The summed E-state index contributed by atoms with van der Waals surface area (Å²) in [4.78, 5) is 0. The topological polar surface area (TPSA) is 27.7 Å². The smallest absolute Gasteiger partial charge is 0.188 e. The van der Waals surface area contributed by atoms with Crippen LogP contribution < -0.4 is 9.47 Å². The maximum atomic E-state index is 5.26. The lowest BCUT2D eigenvalue weighted by molar-refractivity contribution is 0.0491. The van der Waals surface area contributed by atoms with E-state index >= 15 is 0 Å². The van der Waals surface area contributed by atoms with Crippen LogP contribution in [0.2, 0.25) is 0 Å². The average molecular weight is 192 g/mol. The van der Waals surface area contributed by atoms with E-state index in [2.05, 4.69) is 5.92 Å². The SMILES string of the molecule is C#Cc1ccc(OCOC)c(OC)c1. The van der Waals surface area contributed by atoms with E-state index in [-0.39, 0.29) is 6.79 Å². The van der Waals surface area contributed by atoms with Crippen molar-refractivity contribution in [3.63, 3.8) is 0 Å². The fourth-order valence-corrected chi connectivity index (χ4v) is 0.999. The Labute approximate surface area is 83.6 Å². The van der Waals surface area contributed by atoms with Crippen molar-refractivity contribution < 1.29 is 14.2 Å². The molecule has 0 aliphatic carbocycles. The Bertz CT molecular complexity index is 339. The highest BCUT2D eigenvalue weighted by Crippen LogP contribution is 2.27. The quantitative estimate of drug-likeness (QED) is 0.536. The van der Waals surface area contributed by atoms with Gasteiger partial charge in [0, 0.05) is 12.7 Å². The predicted octanol–water partition coefficient (Wildman–Crippen LogP) is 1.66. The lowest BCUT2D eigenvalue weighted by Crippen LogP contribution is -2.00. The van der Waals surface area contributed by atoms with Gasteiger partial charge in [-0.15, -0.1) is 6.42 Å². The summed E-state index contributed by atoms with van der Waals surface area (Å²) in [6.07, 6.45) is 5.25. The first-order chi connectivity index (χ1) is 6.81. The number of methoxy groups -OCH3 is 2. The Morgan fingerprint density at radius 2 is 2.07 bits per heavy atom. The molecule has 1 rings (SSSR count). The van der Waals surface area contributed by atoms with Crippen molar-refractivity contribution in [3.05, 3.63) is 23.8 Å². The molecule has 0 amide bonds. The Balaban J connectivity index is 2.89. The van der Waals surface area contributed by atoms with Crippen LogP contribution in [0.15, 0.2) is 18.2 Å². The van der Waals surface area contributed by atoms with Crippen molar-refractivity contribution in [2.45, 2.75) is 0 Å². The largest absolute Gasteiger partial charge is 0.493 e. The minimum Gasteiger partial charge on any atom is -0.493 e. The summed E-state index contributed by atoms with van der Waals surface area (Å²) in [6, 6.07) is 5.28. The second-order valence-electron chi connectivity index (χ2n) is 2.56. The fourth-order valence-electron chi connectivity index (χ4n) is 0.999. The van der Waals surface area contributed by atoms with Gasteiger partial charge in [-0.3, -0.25) is 0 Å².